The monoisotopic (exact) mass is 445 g/mol. The number of thioether (sulfide) groups is 1. The second-order valence-corrected chi connectivity index (χ2v) is 8.38. The van der Waals surface area contributed by atoms with Gasteiger partial charge >= 0.3 is 0 Å². The number of aliphatic imine (C=N–C) groups is 1. The van der Waals surface area contributed by atoms with Crippen molar-refractivity contribution in [2.75, 3.05) is 18.0 Å². The topological polar surface area (TPSA) is 57.8 Å². The third kappa shape index (κ3) is 4.14. The van der Waals surface area contributed by atoms with Crippen LogP contribution in [-0.2, 0) is 11.2 Å². The predicted octanol–water partition coefficient (Wildman–Crippen LogP) is 5.10. The molecule has 7 heteroatoms. The summed E-state index contributed by atoms with van der Waals surface area (Å²) < 4.78 is 6.88. The molecule has 2 aromatic rings. The molecule has 0 spiro atoms. The lowest BCUT2D eigenvalue weighted by Crippen LogP contribution is -2.19. The SMILES string of the molecule is CCc1ccc(N=C2NC(=O)/C(=C/c3cc(Br)c(N4CCCC4)o3)S2)cc1. The number of benzene rings is 1. The Kier molecular flexibility index (Phi) is 5.41. The highest BCUT2D eigenvalue weighted by molar-refractivity contribution is 9.10. The molecule has 0 unspecified atom stereocenters. The van der Waals surface area contributed by atoms with E-state index in [0.29, 0.717) is 15.8 Å². The summed E-state index contributed by atoms with van der Waals surface area (Å²) in [6, 6.07) is 9.95. The van der Waals surface area contributed by atoms with Crippen molar-refractivity contribution in [3.63, 3.8) is 0 Å². The molecule has 3 heterocycles. The van der Waals surface area contributed by atoms with Gasteiger partial charge in [0.05, 0.1) is 15.1 Å². The Labute approximate surface area is 171 Å². The van der Waals surface area contributed by atoms with Crippen molar-refractivity contribution in [2.24, 2.45) is 4.99 Å². The standard InChI is InChI=1S/C20H20BrN3O2S/c1-2-13-5-7-14(8-6-13)22-20-23-18(25)17(27-20)12-15-11-16(21)19(26-15)24-9-3-4-10-24/h5-8,11-12H,2-4,9-10H2,1H3,(H,22,23,25)/b17-12-. The molecule has 1 aromatic heterocycles. The number of carbonyl (C=O) groups is 1. The second kappa shape index (κ2) is 7.94. The summed E-state index contributed by atoms with van der Waals surface area (Å²) in [7, 11) is 0. The summed E-state index contributed by atoms with van der Waals surface area (Å²) in [5.41, 5.74) is 2.09. The zero-order chi connectivity index (χ0) is 18.8. The van der Waals surface area contributed by atoms with Crippen LogP contribution >= 0.6 is 27.7 Å². The molecule has 1 N–H and O–H groups in total. The van der Waals surface area contributed by atoms with Crippen LogP contribution in [0.5, 0.6) is 0 Å². The molecule has 140 valence electrons. The molecule has 0 atom stereocenters. The lowest BCUT2D eigenvalue weighted by atomic mass is 10.2. The Bertz CT molecular complexity index is 912. The molecule has 0 radical (unpaired) electrons. The number of halogens is 1. The average Bonchev–Trinajstić information content (AvgIpc) is 3.38. The molecule has 5 nitrogen and oxygen atoms in total. The van der Waals surface area contributed by atoms with E-state index in [1.807, 2.05) is 18.2 Å². The van der Waals surface area contributed by atoms with E-state index in [2.05, 4.69) is 50.2 Å². The van der Waals surface area contributed by atoms with Crippen LogP contribution in [0.4, 0.5) is 11.6 Å². The summed E-state index contributed by atoms with van der Waals surface area (Å²) in [5, 5.41) is 3.40. The molecule has 0 saturated carbocycles. The third-order valence-corrected chi connectivity index (χ3v) is 6.06. The normalized spacial score (nSPS) is 20.1. The summed E-state index contributed by atoms with van der Waals surface area (Å²) in [4.78, 5) is 19.6. The fourth-order valence-electron chi connectivity index (χ4n) is 3.12. The van der Waals surface area contributed by atoms with Gasteiger partial charge in [-0.05, 0) is 64.7 Å². The van der Waals surface area contributed by atoms with Gasteiger partial charge in [0.1, 0.15) is 5.76 Å². The van der Waals surface area contributed by atoms with Crippen LogP contribution in [-0.4, -0.2) is 24.2 Å². The Balaban J connectivity index is 1.51. The first-order valence-corrected chi connectivity index (χ1v) is 10.7. The number of furan rings is 1. The van der Waals surface area contributed by atoms with E-state index in [-0.39, 0.29) is 5.91 Å². The first-order valence-electron chi connectivity index (χ1n) is 9.05. The van der Waals surface area contributed by atoms with Gasteiger partial charge in [-0.1, -0.05) is 19.1 Å². The molecule has 27 heavy (non-hydrogen) atoms. The van der Waals surface area contributed by atoms with E-state index in [1.54, 1.807) is 6.08 Å². The molecular formula is C20H20BrN3O2S. The highest BCUT2D eigenvalue weighted by atomic mass is 79.9. The molecular weight excluding hydrogens is 426 g/mol. The van der Waals surface area contributed by atoms with Crippen molar-refractivity contribution in [2.45, 2.75) is 26.2 Å². The lowest BCUT2D eigenvalue weighted by molar-refractivity contribution is -0.115. The molecule has 2 aliphatic rings. The van der Waals surface area contributed by atoms with Gasteiger partial charge in [-0.25, -0.2) is 4.99 Å². The Morgan fingerprint density at radius 2 is 2.04 bits per heavy atom. The number of anilines is 1. The highest BCUT2D eigenvalue weighted by Crippen LogP contribution is 2.35. The Hall–Kier alpha value is -1.99. The van der Waals surface area contributed by atoms with E-state index in [9.17, 15) is 4.79 Å². The van der Waals surface area contributed by atoms with Crippen molar-refractivity contribution < 1.29 is 9.21 Å². The molecule has 0 bridgehead atoms. The van der Waals surface area contributed by atoms with Gasteiger partial charge < -0.3 is 14.6 Å². The maximum atomic E-state index is 12.3. The number of hydrogen-bond donors (Lipinski definition) is 1. The minimum atomic E-state index is -0.154. The number of rotatable bonds is 4. The molecule has 1 amide bonds. The maximum absolute atomic E-state index is 12.3. The average molecular weight is 446 g/mol. The van der Waals surface area contributed by atoms with Crippen molar-refractivity contribution in [3.05, 3.63) is 51.0 Å². The van der Waals surface area contributed by atoms with E-state index < -0.39 is 0 Å². The fourth-order valence-corrected chi connectivity index (χ4v) is 4.50. The number of hydrogen-bond acceptors (Lipinski definition) is 5. The van der Waals surface area contributed by atoms with Crippen LogP contribution in [0.2, 0.25) is 0 Å². The van der Waals surface area contributed by atoms with Gasteiger partial charge in [0, 0.05) is 25.2 Å². The molecule has 2 aliphatic heterocycles. The van der Waals surface area contributed by atoms with E-state index in [4.69, 9.17) is 4.42 Å². The smallest absolute Gasteiger partial charge is 0.264 e. The van der Waals surface area contributed by atoms with Gasteiger partial charge in [0.2, 0.25) is 5.88 Å². The first kappa shape index (κ1) is 18.4. The van der Waals surface area contributed by atoms with Gasteiger partial charge in [-0.2, -0.15) is 0 Å². The number of nitrogens with zero attached hydrogens (tertiary/aromatic N) is 2. The highest BCUT2D eigenvalue weighted by Gasteiger charge is 2.25. The predicted molar refractivity (Wildman–Crippen MR) is 114 cm³/mol. The molecule has 2 saturated heterocycles. The fraction of sp³-hybridized carbons (Fsp3) is 0.300. The van der Waals surface area contributed by atoms with Crippen molar-refractivity contribution in [1.29, 1.82) is 0 Å². The quantitative estimate of drug-likeness (QED) is 0.665. The largest absolute Gasteiger partial charge is 0.440 e. The number of nitrogens with one attached hydrogen (secondary N) is 1. The minimum Gasteiger partial charge on any atom is -0.440 e. The van der Waals surface area contributed by atoms with E-state index >= 15 is 0 Å². The van der Waals surface area contributed by atoms with Crippen LogP contribution in [0, 0.1) is 0 Å². The zero-order valence-electron chi connectivity index (χ0n) is 15.0. The van der Waals surface area contributed by atoms with Crippen LogP contribution in [0.1, 0.15) is 31.1 Å². The van der Waals surface area contributed by atoms with E-state index in [0.717, 1.165) is 35.6 Å². The van der Waals surface area contributed by atoms with Crippen LogP contribution in [0.15, 0.2) is 49.1 Å². The first-order chi connectivity index (χ1) is 13.1. The van der Waals surface area contributed by atoms with E-state index in [1.165, 1.54) is 30.2 Å². The van der Waals surface area contributed by atoms with Gasteiger partial charge in [0.25, 0.3) is 5.91 Å². The number of aryl methyl sites for hydroxylation is 1. The summed E-state index contributed by atoms with van der Waals surface area (Å²) >= 11 is 4.89. The zero-order valence-corrected chi connectivity index (χ0v) is 17.4. The molecule has 1 aromatic carbocycles. The lowest BCUT2D eigenvalue weighted by Gasteiger charge is -2.13. The molecule has 2 fully saturated rings. The van der Waals surface area contributed by atoms with Gasteiger partial charge in [-0.15, -0.1) is 0 Å². The van der Waals surface area contributed by atoms with Crippen molar-refractivity contribution >= 4 is 56.4 Å². The molecule has 0 aliphatic carbocycles. The summed E-state index contributed by atoms with van der Waals surface area (Å²) in [6.45, 7) is 4.13. The van der Waals surface area contributed by atoms with Crippen molar-refractivity contribution in [3.8, 4) is 0 Å². The minimum absolute atomic E-state index is 0.154. The number of amidine groups is 1. The number of amides is 1. The third-order valence-electron chi connectivity index (χ3n) is 4.58. The number of carbonyl (C=O) groups excluding carboxylic acids is 1. The Morgan fingerprint density at radius 1 is 1.30 bits per heavy atom. The van der Waals surface area contributed by atoms with Gasteiger partial charge in [0.15, 0.2) is 5.17 Å². The van der Waals surface area contributed by atoms with Crippen molar-refractivity contribution in [1.82, 2.24) is 5.32 Å². The summed E-state index contributed by atoms with van der Waals surface area (Å²) in [5.74, 6) is 1.35. The van der Waals surface area contributed by atoms with Crippen LogP contribution in [0.25, 0.3) is 6.08 Å². The van der Waals surface area contributed by atoms with Crippen LogP contribution in [0.3, 0.4) is 0 Å². The second-order valence-electron chi connectivity index (χ2n) is 6.50. The summed E-state index contributed by atoms with van der Waals surface area (Å²) in [6.07, 6.45) is 5.13. The van der Waals surface area contributed by atoms with Crippen LogP contribution < -0.4 is 10.2 Å². The van der Waals surface area contributed by atoms with Gasteiger partial charge in [-0.3, -0.25) is 4.79 Å². The Morgan fingerprint density at radius 3 is 2.74 bits per heavy atom. The molecule has 4 rings (SSSR count). The maximum Gasteiger partial charge on any atom is 0.264 e.